The van der Waals surface area contributed by atoms with Crippen molar-refractivity contribution in [3.63, 3.8) is 0 Å². The van der Waals surface area contributed by atoms with Crippen molar-refractivity contribution in [3.05, 3.63) is 263 Å². The molecular weight excluding hydrogens is 997 g/mol. The van der Waals surface area contributed by atoms with E-state index in [9.17, 15) is 0 Å². The quantitative estimate of drug-likeness (QED) is 0.0995. The molecule has 382 valence electrons. The first-order chi connectivity index (χ1) is 37.5. The van der Waals surface area contributed by atoms with Crippen LogP contribution < -0.4 is 9.80 Å². The molecule has 0 bridgehead atoms. The summed E-state index contributed by atoms with van der Waals surface area (Å²) in [5.41, 5.74) is 10.3. The summed E-state index contributed by atoms with van der Waals surface area (Å²) in [7, 11) is 0. The van der Waals surface area contributed by atoms with Gasteiger partial charge >= 0.3 is 0 Å². The molecule has 0 atom stereocenters. The lowest BCUT2D eigenvalue weighted by Gasteiger charge is -2.31. The van der Waals surface area contributed by atoms with Gasteiger partial charge in [0.1, 0.15) is 46.5 Å². The number of nitrogens with zero attached hydrogens (tertiary/aromatic N) is 2. The monoisotopic (exact) mass is 1040 g/mol. The molecule has 12 rings (SSSR count). The molecule has 2 nitrogen and oxygen atoms in total. The summed E-state index contributed by atoms with van der Waals surface area (Å²) in [5, 5.41) is 5.27. The second-order valence-electron chi connectivity index (χ2n) is 20.0. The van der Waals surface area contributed by atoms with Crippen molar-refractivity contribution in [2.24, 2.45) is 0 Å². The van der Waals surface area contributed by atoms with E-state index in [0.29, 0.717) is 33.6 Å². The summed E-state index contributed by atoms with van der Waals surface area (Å²) in [4.78, 5) is 4.11. The number of aryl methyl sites for hydroxylation is 4. The van der Waals surface area contributed by atoms with Crippen LogP contribution >= 0.6 is 0 Å². The van der Waals surface area contributed by atoms with Crippen LogP contribution in [0.5, 0.6) is 0 Å². The highest BCUT2D eigenvalue weighted by Crippen LogP contribution is 2.50. The van der Waals surface area contributed by atoms with E-state index in [1.807, 2.05) is 113 Å². The first-order valence-electron chi connectivity index (χ1n) is 25.1. The van der Waals surface area contributed by atoms with Crippen molar-refractivity contribution < 1.29 is 35.1 Å². The fraction of sp³-hybridized carbons (Fsp3) is 0.0588. The van der Waals surface area contributed by atoms with Gasteiger partial charge in [0.05, 0.1) is 11.4 Å². The molecule has 0 aromatic heterocycles. The van der Waals surface area contributed by atoms with Crippen LogP contribution in [0.15, 0.2) is 194 Å². The zero-order chi connectivity index (χ0) is 54.3. The van der Waals surface area contributed by atoms with Crippen LogP contribution in [0.2, 0.25) is 0 Å². The highest BCUT2D eigenvalue weighted by molar-refractivity contribution is 6.28. The molecule has 12 aromatic rings. The van der Waals surface area contributed by atoms with Gasteiger partial charge in [-0.3, -0.25) is 0 Å². The molecular formula is C68H44F8N2. The largest absolute Gasteiger partial charge is 0.310 e. The van der Waals surface area contributed by atoms with Crippen LogP contribution in [0, 0.1) is 74.2 Å². The molecule has 0 saturated carbocycles. The van der Waals surface area contributed by atoms with Gasteiger partial charge < -0.3 is 9.80 Å². The Bertz CT molecular complexity index is 3890. The zero-order valence-electron chi connectivity index (χ0n) is 42.4. The standard InChI is InChI=1S/C68H44F8N2/c1-37-5-13-63(39(3)17-37)77(59-29-43(47-21-51(69)33-52(70)22-47)19-44(30-59)48-23-53(71)34-54(72)24-48)65-15-9-41-8-12-62-66(16-10-42-7-11-61(65)67(41)68(42)62)78(64-14-6-38(2)18-40(64)4)60-31-45(49-25-55(73)35-56(74)26-49)20-46(32-60)50-27-57(75)36-58(76)28-50/h5-36H,1-4H3. The Hall–Kier alpha value is -9.28. The molecule has 10 heteroatoms. The normalized spacial score (nSPS) is 11.6. The van der Waals surface area contributed by atoms with Crippen LogP contribution in [0.1, 0.15) is 22.3 Å². The van der Waals surface area contributed by atoms with E-state index < -0.39 is 46.5 Å². The lowest BCUT2D eigenvalue weighted by atomic mass is 9.91. The fourth-order valence-corrected chi connectivity index (χ4v) is 11.1. The van der Waals surface area contributed by atoms with E-state index in [0.717, 1.165) is 102 Å². The maximum absolute atomic E-state index is 15.0. The molecule has 0 aliphatic rings. The Labute approximate surface area is 444 Å². The first kappa shape index (κ1) is 49.6. The average Bonchev–Trinajstić information content (AvgIpc) is 3.58. The van der Waals surface area contributed by atoms with Crippen LogP contribution in [-0.2, 0) is 0 Å². The van der Waals surface area contributed by atoms with E-state index >= 15 is 35.1 Å². The third-order valence-electron chi connectivity index (χ3n) is 14.4. The summed E-state index contributed by atoms with van der Waals surface area (Å²) in [5.74, 6) is -6.34. The molecule has 0 heterocycles. The number of anilines is 6. The maximum atomic E-state index is 15.0. The van der Waals surface area contributed by atoms with Crippen molar-refractivity contribution in [3.8, 4) is 44.5 Å². The van der Waals surface area contributed by atoms with Crippen molar-refractivity contribution in [1.82, 2.24) is 0 Å². The summed E-state index contributed by atoms with van der Waals surface area (Å²) in [6.07, 6.45) is 0. The van der Waals surface area contributed by atoms with Crippen molar-refractivity contribution >= 4 is 66.4 Å². The average molecular weight is 1040 g/mol. The Kier molecular flexibility index (Phi) is 12.3. The number of hydrogen-bond donors (Lipinski definition) is 0. The van der Waals surface area contributed by atoms with Crippen molar-refractivity contribution in [2.45, 2.75) is 27.7 Å². The summed E-state index contributed by atoms with van der Waals surface area (Å²) in [6, 6.07) is 51.8. The molecule has 0 amide bonds. The topological polar surface area (TPSA) is 6.48 Å². The second-order valence-corrected chi connectivity index (χ2v) is 20.0. The SMILES string of the molecule is Cc1ccc(N(c2cc(-c3cc(F)cc(F)c3)cc(-c3cc(F)cc(F)c3)c2)c2ccc3ccc4c(N(c5cc(-c6cc(F)cc(F)c6)cc(-c6cc(F)cc(F)c6)c5)c5ccc(C)cc5C)ccc5ccc2c3c54)c(C)c1. The molecule has 0 aliphatic heterocycles. The molecule has 78 heavy (non-hydrogen) atoms. The Morgan fingerprint density at radius 1 is 0.244 bits per heavy atom. The van der Waals surface area contributed by atoms with Crippen LogP contribution in [0.3, 0.4) is 0 Å². The van der Waals surface area contributed by atoms with E-state index in [4.69, 9.17) is 0 Å². The molecule has 0 spiro atoms. The maximum Gasteiger partial charge on any atom is 0.126 e. The minimum Gasteiger partial charge on any atom is -0.310 e. The van der Waals surface area contributed by atoms with Gasteiger partial charge in [0.2, 0.25) is 0 Å². The minimum absolute atomic E-state index is 0.216. The summed E-state index contributed by atoms with van der Waals surface area (Å²) >= 11 is 0. The van der Waals surface area contributed by atoms with Crippen molar-refractivity contribution in [1.29, 1.82) is 0 Å². The minimum atomic E-state index is -0.792. The zero-order valence-corrected chi connectivity index (χ0v) is 42.4. The smallest absolute Gasteiger partial charge is 0.126 e. The van der Waals surface area contributed by atoms with Gasteiger partial charge in [0.15, 0.2) is 0 Å². The predicted molar refractivity (Wildman–Crippen MR) is 300 cm³/mol. The van der Waals surface area contributed by atoms with Gasteiger partial charge in [-0.15, -0.1) is 0 Å². The lowest BCUT2D eigenvalue weighted by molar-refractivity contribution is 0.583. The van der Waals surface area contributed by atoms with E-state index in [1.54, 1.807) is 12.1 Å². The van der Waals surface area contributed by atoms with Gasteiger partial charge in [0.25, 0.3) is 0 Å². The van der Waals surface area contributed by atoms with E-state index in [1.165, 1.54) is 48.5 Å². The Morgan fingerprint density at radius 2 is 0.500 bits per heavy atom. The lowest BCUT2D eigenvalue weighted by Crippen LogP contribution is -2.13. The van der Waals surface area contributed by atoms with Crippen molar-refractivity contribution in [2.75, 3.05) is 9.80 Å². The molecule has 0 radical (unpaired) electrons. The van der Waals surface area contributed by atoms with Crippen LogP contribution in [0.25, 0.3) is 76.8 Å². The second kappa shape index (κ2) is 19.4. The third kappa shape index (κ3) is 9.23. The van der Waals surface area contributed by atoms with E-state index in [-0.39, 0.29) is 22.3 Å². The van der Waals surface area contributed by atoms with Crippen LogP contribution in [0.4, 0.5) is 69.2 Å². The van der Waals surface area contributed by atoms with Gasteiger partial charge in [-0.2, -0.15) is 0 Å². The first-order valence-corrected chi connectivity index (χ1v) is 25.1. The van der Waals surface area contributed by atoms with Gasteiger partial charge in [0, 0.05) is 57.8 Å². The Morgan fingerprint density at radius 3 is 0.782 bits per heavy atom. The molecule has 0 N–H and O–H groups in total. The summed E-state index contributed by atoms with van der Waals surface area (Å²) < 4.78 is 120. The predicted octanol–water partition coefficient (Wildman–Crippen LogP) is 20.5. The van der Waals surface area contributed by atoms with Gasteiger partial charge in [-0.25, -0.2) is 35.1 Å². The number of rotatable bonds is 10. The van der Waals surface area contributed by atoms with Gasteiger partial charge in [-0.1, -0.05) is 71.8 Å². The molecule has 0 aliphatic carbocycles. The Balaban J connectivity index is 1.13. The third-order valence-corrected chi connectivity index (χ3v) is 14.4. The van der Waals surface area contributed by atoms with Crippen LogP contribution in [-0.4, -0.2) is 0 Å². The molecule has 12 aromatic carbocycles. The molecule has 0 unspecified atom stereocenters. The van der Waals surface area contributed by atoms with Gasteiger partial charge in [-0.05, 0) is 214 Å². The number of benzene rings is 12. The van der Waals surface area contributed by atoms with E-state index in [2.05, 4.69) is 34.1 Å². The number of hydrogen-bond acceptors (Lipinski definition) is 2. The summed E-state index contributed by atoms with van der Waals surface area (Å²) in [6.45, 7) is 7.96. The molecule has 0 fully saturated rings. The molecule has 0 saturated heterocycles. The fourth-order valence-electron chi connectivity index (χ4n) is 11.1. The highest BCUT2D eigenvalue weighted by Gasteiger charge is 2.26. The highest BCUT2D eigenvalue weighted by atomic mass is 19.2. The number of halogens is 8.